The van der Waals surface area contributed by atoms with Crippen LogP contribution in [0.1, 0.15) is 43.4 Å². The van der Waals surface area contributed by atoms with Crippen LogP contribution < -0.4 is 4.31 Å². The summed E-state index contributed by atoms with van der Waals surface area (Å²) in [5.74, 6) is -0.440. The summed E-state index contributed by atoms with van der Waals surface area (Å²) >= 11 is 6.73. The molecular formula is C30H34ClFN6O4S. The van der Waals surface area contributed by atoms with Gasteiger partial charge in [0.15, 0.2) is 11.7 Å². The molecule has 1 N–H and O–H groups in total. The minimum absolute atomic E-state index is 0.0442. The van der Waals surface area contributed by atoms with Gasteiger partial charge in [0.2, 0.25) is 0 Å². The molecule has 0 radical (unpaired) electrons. The Labute approximate surface area is 256 Å². The van der Waals surface area contributed by atoms with E-state index in [9.17, 15) is 22.7 Å². The van der Waals surface area contributed by atoms with Crippen LogP contribution in [-0.2, 0) is 16.8 Å². The maximum atomic E-state index is 15.0. The minimum atomic E-state index is -4.42. The van der Waals surface area contributed by atoms with Crippen LogP contribution in [0.25, 0.3) is 11.3 Å². The highest BCUT2D eigenvalue weighted by Crippen LogP contribution is 2.43. The van der Waals surface area contributed by atoms with Crippen LogP contribution in [0.5, 0.6) is 0 Å². The second-order valence-electron chi connectivity index (χ2n) is 11.4. The topological polar surface area (TPSA) is 110 Å². The molecule has 0 bridgehead atoms. The smallest absolute Gasteiger partial charge is 0.407 e. The number of aromatic nitrogens is 1. The lowest BCUT2D eigenvalue weighted by Gasteiger charge is -2.42. The first-order valence-electron chi connectivity index (χ1n) is 13.9. The van der Waals surface area contributed by atoms with Gasteiger partial charge in [-0.25, -0.2) is 18.5 Å². The number of anilines is 2. The molecule has 3 aromatic rings. The quantitative estimate of drug-likeness (QED) is 0.394. The van der Waals surface area contributed by atoms with Crippen molar-refractivity contribution in [2.24, 2.45) is 4.40 Å². The lowest BCUT2D eigenvalue weighted by atomic mass is 9.98. The monoisotopic (exact) mass is 628 g/mol. The number of halogens is 2. The fourth-order valence-electron chi connectivity index (χ4n) is 5.56. The van der Waals surface area contributed by atoms with Crippen molar-refractivity contribution in [2.75, 3.05) is 38.0 Å². The van der Waals surface area contributed by atoms with Gasteiger partial charge in [0.1, 0.15) is 5.82 Å². The summed E-state index contributed by atoms with van der Waals surface area (Å²) in [6, 6.07) is 12.8. The van der Waals surface area contributed by atoms with E-state index in [4.69, 9.17) is 16.6 Å². The van der Waals surface area contributed by atoms with Gasteiger partial charge in [0, 0.05) is 37.8 Å². The summed E-state index contributed by atoms with van der Waals surface area (Å²) in [7, 11) is -0.500. The van der Waals surface area contributed by atoms with Crippen molar-refractivity contribution in [2.45, 2.75) is 39.3 Å². The first kappa shape index (κ1) is 30.7. The SMILES string of the molecule is CC(C)c1cc(CN(C)C)ccc1N1c2nc(-c3ccccc3F)c(Cl)cc2C(N2CCN(C(=O)O)C[C@@H]2C)=NS1(=O)=O. The maximum absolute atomic E-state index is 15.0. The molecule has 1 aromatic heterocycles. The Kier molecular flexibility index (Phi) is 8.39. The van der Waals surface area contributed by atoms with Crippen LogP contribution in [0, 0.1) is 5.82 Å². The summed E-state index contributed by atoms with van der Waals surface area (Å²) in [5, 5.41) is 9.63. The average Bonchev–Trinajstić information content (AvgIpc) is 2.93. The fourth-order valence-corrected chi connectivity index (χ4v) is 7.08. The summed E-state index contributed by atoms with van der Waals surface area (Å²) in [5.41, 5.74) is 2.75. The first-order valence-corrected chi connectivity index (χ1v) is 15.7. The van der Waals surface area contributed by atoms with Crippen molar-refractivity contribution < 1.29 is 22.7 Å². The average molecular weight is 629 g/mol. The standard InChI is InChI=1S/C30H34ClFN6O4S/c1-18(2)22-14-20(17-35(4)5)10-11-26(22)38-28-23(15-24(31)27(33-28)21-8-6-7-9-25(21)32)29(34-43(38,41)42)37-13-12-36(30(39)40)16-19(37)3/h6-11,14-15,18-19H,12-13,16-17H2,1-5H3,(H,39,40)/t19-/m0/s1. The molecule has 0 saturated carbocycles. The third-order valence-electron chi connectivity index (χ3n) is 7.55. The van der Waals surface area contributed by atoms with Gasteiger partial charge in [-0.3, -0.25) is 0 Å². The van der Waals surface area contributed by atoms with Crippen LogP contribution in [0.4, 0.5) is 20.7 Å². The molecule has 0 spiro atoms. The molecule has 13 heteroatoms. The molecule has 1 amide bonds. The zero-order chi connectivity index (χ0) is 31.2. The molecule has 0 aliphatic carbocycles. The van der Waals surface area contributed by atoms with E-state index in [2.05, 4.69) is 4.40 Å². The summed E-state index contributed by atoms with van der Waals surface area (Å²) in [6.07, 6.45) is -1.05. The number of amides is 1. The van der Waals surface area contributed by atoms with Crippen LogP contribution in [0.2, 0.25) is 5.02 Å². The Bertz CT molecular complexity index is 1710. The van der Waals surface area contributed by atoms with Crippen molar-refractivity contribution in [3.63, 3.8) is 0 Å². The largest absolute Gasteiger partial charge is 0.465 e. The van der Waals surface area contributed by atoms with Crippen LogP contribution >= 0.6 is 11.6 Å². The number of hydrogen-bond donors (Lipinski definition) is 1. The highest BCUT2D eigenvalue weighted by atomic mass is 35.5. The van der Waals surface area contributed by atoms with Crippen LogP contribution in [0.15, 0.2) is 52.9 Å². The van der Waals surface area contributed by atoms with Crippen molar-refractivity contribution in [1.29, 1.82) is 0 Å². The molecule has 2 aromatic carbocycles. The van der Waals surface area contributed by atoms with Crippen molar-refractivity contribution in [3.05, 3.63) is 76.1 Å². The van der Waals surface area contributed by atoms with Crippen LogP contribution in [-0.4, -0.2) is 84.9 Å². The summed E-state index contributed by atoms with van der Waals surface area (Å²) < 4.78 is 48.7. The second-order valence-corrected chi connectivity index (χ2v) is 13.2. The Morgan fingerprint density at radius 3 is 2.49 bits per heavy atom. The van der Waals surface area contributed by atoms with E-state index in [1.807, 2.05) is 45.0 Å². The Morgan fingerprint density at radius 1 is 1.14 bits per heavy atom. The van der Waals surface area contributed by atoms with E-state index in [0.29, 0.717) is 17.8 Å². The highest BCUT2D eigenvalue weighted by molar-refractivity contribution is 7.92. The molecule has 1 saturated heterocycles. The number of hydrogen-bond acceptors (Lipinski definition) is 6. The van der Waals surface area contributed by atoms with Crippen molar-refractivity contribution >= 4 is 45.2 Å². The van der Waals surface area contributed by atoms with Gasteiger partial charge in [-0.05, 0) is 62.3 Å². The van der Waals surface area contributed by atoms with Gasteiger partial charge in [0.05, 0.1) is 22.0 Å². The van der Waals surface area contributed by atoms with Crippen LogP contribution in [0.3, 0.4) is 0 Å². The van der Waals surface area contributed by atoms with Gasteiger partial charge in [0.25, 0.3) is 0 Å². The van der Waals surface area contributed by atoms with Gasteiger partial charge in [-0.15, -0.1) is 4.40 Å². The number of rotatable bonds is 5. The molecule has 3 heterocycles. The molecular weight excluding hydrogens is 595 g/mol. The molecule has 43 heavy (non-hydrogen) atoms. The van der Waals surface area contributed by atoms with Gasteiger partial charge >= 0.3 is 16.3 Å². The molecule has 228 valence electrons. The normalized spacial score (nSPS) is 18.2. The predicted molar refractivity (Wildman–Crippen MR) is 166 cm³/mol. The molecule has 1 atom stereocenters. The second kappa shape index (κ2) is 11.7. The zero-order valence-electron chi connectivity index (χ0n) is 24.6. The summed E-state index contributed by atoms with van der Waals surface area (Å²) in [4.78, 5) is 21.4. The first-order chi connectivity index (χ1) is 20.3. The number of piperazine rings is 1. The lowest BCUT2D eigenvalue weighted by Crippen LogP contribution is -2.56. The maximum Gasteiger partial charge on any atom is 0.407 e. The van der Waals surface area contributed by atoms with Gasteiger partial charge in [-0.2, -0.15) is 8.42 Å². The molecule has 10 nitrogen and oxygen atoms in total. The molecule has 5 rings (SSSR count). The van der Waals surface area contributed by atoms with Gasteiger partial charge in [-0.1, -0.05) is 49.7 Å². The van der Waals surface area contributed by atoms with E-state index < -0.39 is 22.1 Å². The number of pyridine rings is 1. The number of amidine groups is 1. The van der Waals surface area contributed by atoms with E-state index in [1.165, 1.54) is 17.0 Å². The molecule has 0 unspecified atom stereocenters. The van der Waals surface area contributed by atoms with Crippen molar-refractivity contribution in [3.8, 4) is 11.3 Å². The third-order valence-corrected chi connectivity index (χ3v) is 9.08. The Balaban J connectivity index is 1.75. The minimum Gasteiger partial charge on any atom is -0.465 e. The summed E-state index contributed by atoms with van der Waals surface area (Å²) in [6.45, 7) is 6.97. The lowest BCUT2D eigenvalue weighted by molar-refractivity contribution is 0.106. The Morgan fingerprint density at radius 2 is 1.86 bits per heavy atom. The predicted octanol–water partition coefficient (Wildman–Crippen LogP) is 5.55. The van der Waals surface area contributed by atoms with E-state index in [0.717, 1.165) is 15.4 Å². The molecule has 2 aliphatic rings. The number of carbonyl (C=O) groups is 1. The van der Waals surface area contributed by atoms with E-state index in [1.54, 1.807) is 36.1 Å². The Hall–Kier alpha value is -3.74. The molecule has 1 fully saturated rings. The third kappa shape index (κ3) is 5.91. The fraction of sp³-hybridized carbons (Fsp3) is 0.367. The van der Waals surface area contributed by atoms with Crippen molar-refractivity contribution in [1.82, 2.24) is 19.7 Å². The molecule has 2 aliphatic heterocycles. The zero-order valence-corrected chi connectivity index (χ0v) is 26.2. The number of carboxylic acid groups (broad SMARTS) is 1. The number of fused-ring (bicyclic) bond motifs is 1. The number of benzene rings is 2. The van der Waals surface area contributed by atoms with E-state index >= 15 is 0 Å². The highest BCUT2D eigenvalue weighted by Gasteiger charge is 2.41. The number of nitrogens with zero attached hydrogens (tertiary/aromatic N) is 6. The van der Waals surface area contributed by atoms with E-state index in [-0.39, 0.29) is 59.5 Å². The van der Waals surface area contributed by atoms with Gasteiger partial charge < -0.3 is 19.8 Å².